The number of ether oxygens (including phenoxy) is 1. The highest BCUT2D eigenvalue weighted by Gasteiger charge is 2.06. The Bertz CT molecular complexity index is 761. The van der Waals surface area contributed by atoms with Gasteiger partial charge in [0.15, 0.2) is 9.84 Å². The van der Waals surface area contributed by atoms with Crippen LogP contribution in [0.4, 0.5) is 5.69 Å². The molecule has 0 saturated carbocycles. The van der Waals surface area contributed by atoms with Gasteiger partial charge in [-0.05, 0) is 42.0 Å². The van der Waals surface area contributed by atoms with Crippen molar-refractivity contribution in [2.45, 2.75) is 11.5 Å². The minimum absolute atomic E-state index is 0.302. The van der Waals surface area contributed by atoms with Gasteiger partial charge in [0.05, 0.1) is 18.1 Å². The van der Waals surface area contributed by atoms with Crippen LogP contribution in [0.15, 0.2) is 47.4 Å². The maximum Gasteiger partial charge on any atom is 0.175 e. The quantitative estimate of drug-likeness (QED) is 0.744. The number of nitrogens with one attached hydrogen (secondary N) is 1. The third-order valence-electron chi connectivity index (χ3n) is 3.13. The van der Waals surface area contributed by atoms with E-state index in [-0.39, 0.29) is 0 Å². The largest absolute Gasteiger partial charge is 0.383 e. The molecule has 2 aromatic carbocycles. The summed E-state index contributed by atoms with van der Waals surface area (Å²) >= 11 is 11.9. The third-order valence-corrected chi connectivity index (χ3v) is 4.85. The molecule has 0 amide bonds. The minimum Gasteiger partial charge on any atom is -0.383 e. The molecule has 23 heavy (non-hydrogen) atoms. The van der Waals surface area contributed by atoms with E-state index in [9.17, 15) is 8.42 Å². The molecule has 0 aromatic heterocycles. The smallest absolute Gasteiger partial charge is 0.175 e. The lowest BCUT2D eigenvalue weighted by Crippen LogP contribution is -2.09. The van der Waals surface area contributed by atoms with Gasteiger partial charge in [0, 0.05) is 28.5 Å². The molecular formula is C16H17Cl2NO3S. The van der Waals surface area contributed by atoms with Crippen molar-refractivity contribution < 1.29 is 13.2 Å². The molecule has 0 radical (unpaired) electrons. The molecule has 0 fully saturated rings. The zero-order valence-corrected chi connectivity index (χ0v) is 14.9. The van der Waals surface area contributed by atoms with Crippen LogP contribution in [-0.2, 0) is 21.2 Å². The van der Waals surface area contributed by atoms with Crippen molar-refractivity contribution in [1.82, 2.24) is 0 Å². The number of rotatable bonds is 7. The Morgan fingerprint density at radius 1 is 1.09 bits per heavy atom. The highest BCUT2D eigenvalue weighted by atomic mass is 35.5. The van der Waals surface area contributed by atoms with Crippen molar-refractivity contribution in [3.05, 3.63) is 58.1 Å². The van der Waals surface area contributed by atoms with Crippen molar-refractivity contribution in [1.29, 1.82) is 0 Å². The number of benzene rings is 2. The van der Waals surface area contributed by atoms with Gasteiger partial charge < -0.3 is 10.1 Å². The summed E-state index contributed by atoms with van der Waals surface area (Å²) in [5, 5.41) is 4.34. The molecule has 0 aliphatic rings. The van der Waals surface area contributed by atoms with Gasteiger partial charge in [-0.1, -0.05) is 29.3 Å². The molecule has 7 heteroatoms. The molecule has 4 nitrogen and oxygen atoms in total. The van der Waals surface area contributed by atoms with Crippen LogP contribution >= 0.6 is 23.2 Å². The Hall–Kier alpha value is -1.27. The Morgan fingerprint density at radius 3 is 2.39 bits per heavy atom. The molecule has 0 atom stereocenters. The van der Waals surface area contributed by atoms with Crippen LogP contribution in [0.5, 0.6) is 0 Å². The Balaban J connectivity index is 1.75. The van der Waals surface area contributed by atoms with Gasteiger partial charge >= 0.3 is 0 Å². The lowest BCUT2D eigenvalue weighted by molar-refractivity contribution is 0.130. The predicted octanol–water partition coefficient (Wildman–Crippen LogP) is 4.03. The van der Waals surface area contributed by atoms with Crippen molar-refractivity contribution in [2.75, 3.05) is 24.7 Å². The van der Waals surface area contributed by atoms with Gasteiger partial charge in [-0.2, -0.15) is 0 Å². The minimum atomic E-state index is -3.16. The average molecular weight is 374 g/mol. The molecule has 0 aliphatic heterocycles. The molecule has 2 rings (SSSR count). The standard InChI is InChI=1S/C16H17Cl2NO3S/c1-23(20,21)15-6-4-14(5-7-15)19-8-9-22-11-12-2-3-13(17)10-16(12)18/h2-7,10,19H,8-9,11H2,1H3. The Kier molecular flexibility index (Phi) is 6.30. The summed E-state index contributed by atoms with van der Waals surface area (Å²) in [6.45, 7) is 1.50. The summed E-state index contributed by atoms with van der Waals surface area (Å²) in [5.74, 6) is 0. The second-order valence-corrected chi connectivity index (χ2v) is 7.87. The monoisotopic (exact) mass is 373 g/mol. The van der Waals surface area contributed by atoms with E-state index in [1.54, 1.807) is 36.4 Å². The molecule has 0 saturated heterocycles. The van der Waals surface area contributed by atoms with Crippen molar-refractivity contribution in [3.8, 4) is 0 Å². The van der Waals surface area contributed by atoms with E-state index < -0.39 is 9.84 Å². The number of sulfone groups is 1. The van der Waals surface area contributed by atoms with Gasteiger partial charge in [0.2, 0.25) is 0 Å². The summed E-state index contributed by atoms with van der Waals surface area (Å²) in [7, 11) is -3.16. The van der Waals surface area contributed by atoms with Crippen molar-refractivity contribution in [2.24, 2.45) is 0 Å². The number of hydrogen-bond donors (Lipinski definition) is 1. The first-order valence-corrected chi connectivity index (χ1v) is 9.56. The number of hydrogen-bond acceptors (Lipinski definition) is 4. The zero-order chi connectivity index (χ0) is 16.9. The molecule has 0 heterocycles. The molecule has 0 bridgehead atoms. The number of anilines is 1. The second-order valence-electron chi connectivity index (χ2n) is 5.01. The lowest BCUT2D eigenvalue weighted by Gasteiger charge is -2.09. The fourth-order valence-electron chi connectivity index (χ4n) is 1.91. The van der Waals surface area contributed by atoms with Gasteiger partial charge in [-0.15, -0.1) is 0 Å². The van der Waals surface area contributed by atoms with Crippen molar-refractivity contribution in [3.63, 3.8) is 0 Å². The van der Waals surface area contributed by atoms with Crippen LogP contribution in [0.1, 0.15) is 5.56 Å². The molecule has 124 valence electrons. The highest BCUT2D eigenvalue weighted by molar-refractivity contribution is 7.90. The third kappa shape index (κ3) is 5.70. The normalized spacial score (nSPS) is 11.4. The zero-order valence-electron chi connectivity index (χ0n) is 12.6. The van der Waals surface area contributed by atoms with E-state index in [1.165, 1.54) is 6.26 Å². The van der Waals surface area contributed by atoms with E-state index in [1.807, 2.05) is 6.07 Å². The molecular weight excluding hydrogens is 357 g/mol. The maximum absolute atomic E-state index is 11.4. The number of halogens is 2. The Labute approximate surface area is 146 Å². The van der Waals surface area contributed by atoms with E-state index in [4.69, 9.17) is 27.9 Å². The van der Waals surface area contributed by atoms with Crippen LogP contribution in [0.2, 0.25) is 10.0 Å². The van der Waals surface area contributed by atoms with Crippen molar-refractivity contribution >= 4 is 38.7 Å². The molecule has 2 aromatic rings. The SMILES string of the molecule is CS(=O)(=O)c1ccc(NCCOCc2ccc(Cl)cc2Cl)cc1. The van der Waals surface area contributed by atoms with Gasteiger partial charge in [-0.3, -0.25) is 0 Å². The van der Waals surface area contributed by atoms with Crippen LogP contribution < -0.4 is 5.32 Å². The van der Waals surface area contributed by atoms with Gasteiger partial charge in [0.25, 0.3) is 0 Å². The van der Waals surface area contributed by atoms with Crippen LogP contribution in [-0.4, -0.2) is 27.8 Å². The summed E-state index contributed by atoms with van der Waals surface area (Å²) in [4.78, 5) is 0.302. The molecule has 0 aliphatic carbocycles. The summed E-state index contributed by atoms with van der Waals surface area (Å²) < 4.78 is 28.3. The molecule has 1 N–H and O–H groups in total. The van der Waals surface area contributed by atoms with E-state index in [2.05, 4.69) is 5.32 Å². The van der Waals surface area contributed by atoms with Crippen LogP contribution in [0.3, 0.4) is 0 Å². The first-order valence-electron chi connectivity index (χ1n) is 6.92. The lowest BCUT2D eigenvalue weighted by atomic mass is 10.2. The summed E-state index contributed by atoms with van der Waals surface area (Å²) in [6, 6.07) is 11.9. The van der Waals surface area contributed by atoms with E-state index in [0.717, 1.165) is 11.3 Å². The second kappa shape index (κ2) is 8.02. The fraction of sp³-hybridized carbons (Fsp3) is 0.250. The Morgan fingerprint density at radius 2 is 1.78 bits per heavy atom. The summed E-state index contributed by atoms with van der Waals surface area (Å²) in [6.07, 6.45) is 1.19. The predicted molar refractivity (Wildman–Crippen MR) is 94.2 cm³/mol. The van der Waals surface area contributed by atoms with E-state index in [0.29, 0.717) is 34.7 Å². The fourth-order valence-corrected chi connectivity index (χ4v) is 3.00. The summed E-state index contributed by atoms with van der Waals surface area (Å²) in [5.41, 5.74) is 1.72. The topological polar surface area (TPSA) is 55.4 Å². The van der Waals surface area contributed by atoms with Crippen LogP contribution in [0.25, 0.3) is 0 Å². The first-order chi connectivity index (χ1) is 10.9. The average Bonchev–Trinajstić information content (AvgIpc) is 2.48. The van der Waals surface area contributed by atoms with Crippen LogP contribution in [0, 0.1) is 0 Å². The van der Waals surface area contributed by atoms with Gasteiger partial charge in [0.1, 0.15) is 0 Å². The molecule has 0 unspecified atom stereocenters. The first kappa shape index (κ1) is 18.1. The maximum atomic E-state index is 11.4. The highest BCUT2D eigenvalue weighted by Crippen LogP contribution is 2.21. The molecule has 0 spiro atoms. The van der Waals surface area contributed by atoms with Gasteiger partial charge in [-0.25, -0.2) is 8.42 Å². The van der Waals surface area contributed by atoms with E-state index >= 15 is 0 Å².